The smallest absolute Gasteiger partial charge is 0.223 e. The highest BCUT2D eigenvalue weighted by atomic mass is 32.1. The molecule has 2 aromatic heterocycles. The van der Waals surface area contributed by atoms with Crippen LogP contribution in [0.15, 0.2) is 60.5 Å². The summed E-state index contributed by atoms with van der Waals surface area (Å²) in [6.45, 7) is 3.64. The summed E-state index contributed by atoms with van der Waals surface area (Å²) in [5.74, 6) is 0.379. The van der Waals surface area contributed by atoms with Gasteiger partial charge in [-0.25, -0.2) is 4.98 Å². The summed E-state index contributed by atoms with van der Waals surface area (Å²) in [5.41, 5.74) is 2.43. The van der Waals surface area contributed by atoms with E-state index in [9.17, 15) is 4.79 Å². The van der Waals surface area contributed by atoms with Crippen LogP contribution in [0.5, 0.6) is 0 Å². The first-order chi connectivity index (χ1) is 13.8. The van der Waals surface area contributed by atoms with Crippen LogP contribution in [0.4, 0.5) is 0 Å². The molecule has 0 saturated carbocycles. The first-order valence-electron chi connectivity index (χ1n) is 9.87. The summed E-state index contributed by atoms with van der Waals surface area (Å²) in [5, 5.41) is 5.20. The Morgan fingerprint density at radius 2 is 2.00 bits per heavy atom. The van der Waals surface area contributed by atoms with Crippen molar-refractivity contribution in [1.82, 2.24) is 19.8 Å². The van der Waals surface area contributed by atoms with E-state index in [2.05, 4.69) is 57.0 Å². The Morgan fingerprint density at radius 1 is 1.18 bits per heavy atom. The molecular weight excluding hydrogens is 368 g/mol. The predicted molar refractivity (Wildman–Crippen MR) is 113 cm³/mol. The molecule has 28 heavy (non-hydrogen) atoms. The lowest BCUT2D eigenvalue weighted by Gasteiger charge is -2.31. The third-order valence-electron chi connectivity index (χ3n) is 5.35. The minimum atomic E-state index is 0.156. The van der Waals surface area contributed by atoms with E-state index in [0.29, 0.717) is 0 Å². The third kappa shape index (κ3) is 4.88. The number of likely N-dealkylation sites (tertiary alicyclic amines) is 1. The number of imidazole rings is 1. The Hall–Kier alpha value is -2.44. The maximum absolute atomic E-state index is 12.4. The summed E-state index contributed by atoms with van der Waals surface area (Å²) >= 11 is 1.75. The van der Waals surface area contributed by atoms with Crippen LogP contribution in [0.3, 0.4) is 0 Å². The number of carbonyl (C=O) groups excluding carboxylic acids is 1. The molecule has 0 aliphatic carbocycles. The highest BCUT2D eigenvalue weighted by Crippen LogP contribution is 2.20. The Bertz CT molecular complexity index is 851. The van der Waals surface area contributed by atoms with Crippen molar-refractivity contribution < 1.29 is 4.79 Å². The first-order valence-corrected chi connectivity index (χ1v) is 10.8. The number of hydrogen-bond donors (Lipinski definition) is 1. The Morgan fingerprint density at radius 3 is 2.68 bits per heavy atom. The molecule has 4 rings (SSSR count). The molecular formula is C22H26N4OS. The highest BCUT2D eigenvalue weighted by molar-refractivity contribution is 7.09. The molecule has 3 heterocycles. The number of carbonyl (C=O) groups is 1. The molecule has 0 radical (unpaired) electrons. The summed E-state index contributed by atoms with van der Waals surface area (Å²) in [6.07, 6.45) is 8.36. The van der Waals surface area contributed by atoms with E-state index in [0.717, 1.165) is 51.1 Å². The average Bonchev–Trinajstić information content (AvgIpc) is 3.43. The van der Waals surface area contributed by atoms with Crippen LogP contribution >= 0.6 is 11.3 Å². The predicted octanol–water partition coefficient (Wildman–Crippen LogP) is 3.50. The zero-order valence-corrected chi connectivity index (χ0v) is 16.8. The lowest BCUT2D eigenvalue weighted by molar-refractivity contribution is -0.126. The maximum Gasteiger partial charge on any atom is 0.223 e. The molecule has 1 amide bonds. The van der Waals surface area contributed by atoms with Crippen LogP contribution in [-0.2, 0) is 17.8 Å². The quantitative estimate of drug-likeness (QED) is 0.667. The van der Waals surface area contributed by atoms with E-state index in [1.54, 1.807) is 17.5 Å². The van der Waals surface area contributed by atoms with Gasteiger partial charge in [0.05, 0.1) is 6.33 Å². The number of nitrogens with zero attached hydrogens (tertiary/aromatic N) is 3. The largest absolute Gasteiger partial charge is 0.355 e. The SMILES string of the molecule is O=C(NCCc1cccs1)C1CCN(Cc2ccc(-n3ccnc3)cc2)CC1. The summed E-state index contributed by atoms with van der Waals surface area (Å²) in [7, 11) is 0. The highest BCUT2D eigenvalue weighted by Gasteiger charge is 2.24. The maximum atomic E-state index is 12.4. The zero-order valence-electron chi connectivity index (χ0n) is 16.0. The normalized spacial score (nSPS) is 15.6. The van der Waals surface area contributed by atoms with E-state index in [1.165, 1.54) is 10.4 Å². The number of aromatic nitrogens is 2. The molecule has 0 atom stereocenters. The Balaban J connectivity index is 1.20. The molecule has 1 saturated heterocycles. The van der Waals surface area contributed by atoms with Gasteiger partial charge in [-0.05, 0) is 61.5 Å². The van der Waals surface area contributed by atoms with Crippen LogP contribution in [0.25, 0.3) is 5.69 Å². The standard InChI is InChI=1S/C22H26N4OS/c27-22(24-10-7-21-2-1-15-28-21)19-8-12-25(13-9-19)16-18-3-5-20(6-4-18)26-14-11-23-17-26/h1-6,11,14-15,17,19H,7-10,12-13,16H2,(H,24,27). The van der Waals surface area contributed by atoms with Crippen molar-refractivity contribution in [1.29, 1.82) is 0 Å². The fourth-order valence-electron chi connectivity index (χ4n) is 3.70. The van der Waals surface area contributed by atoms with E-state index >= 15 is 0 Å². The zero-order chi connectivity index (χ0) is 19.2. The van der Waals surface area contributed by atoms with Gasteiger partial charge < -0.3 is 9.88 Å². The van der Waals surface area contributed by atoms with Crippen molar-refractivity contribution in [3.05, 3.63) is 70.9 Å². The van der Waals surface area contributed by atoms with Gasteiger partial charge >= 0.3 is 0 Å². The van der Waals surface area contributed by atoms with Gasteiger partial charge in [0.25, 0.3) is 0 Å². The van der Waals surface area contributed by atoms with Crippen LogP contribution < -0.4 is 5.32 Å². The van der Waals surface area contributed by atoms with Crippen molar-refractivity contribution in [2.45, 2.75) is 25.8 Å². The molecule has 0 bridgehead atoms. The molecule has 1 aliphatic rings. The Kier molecular flexibility index (Phi) is 6.19. The number of rotatable bonds is 7. The van der Waals surface area contributed by atoms with E-state index in [4.69, 9.17) is 0 Å². The fourth-order valence-corrected chi connectivity index (χ4v) is 4.41. The summed E-state index contributed by atoms with van der Waals surface area (Å²) in [4.78, 5) is 20.3. The second-order valence-electron chi connectivity index (χ2n) is 7.31. The monoisotopic (exact) mass is 394 g/mol. The van der Waals surface area contributed by atoms with Crippen LogP contribution in [-0.4, -0.2) is 40.0 Å². The number of hydrogen-bond acceptors (Lipinski definition) is 4. The van der Waals surface area contributed by atoms with Gasteiger partial charge in [0.1, 0.15) is 0 Å². The lowest BCUT2D eigenvalue weighted by atomic mass is 9.95. The van der Waals surface area contributed by atoms with Crippen molar-refractivity contribution in [2.75, 3.05) is 19.6 Å². The van der Waals surface area contributed by atoms with Gasteiger partial charge in [0, 0.05) is 42.0 Å². The number of nitrogens with one attached hydrogen (secondary N) is 1. The van der Waals surface area contributed by atoms with Crippen LogP contribution in [0.1, 0.15) is 23.3 Å². The number of amides is 1. The summed E-state index contributed by atoms with van der Waals surface area (Å²) in [6, 6.07) is 12.8. The molecule has 1 aromatic carbocycles. The third-order valence-corrected chi connectivity index (χ3v) is 6.29. The molecule has 0 unspecified atom stereocenters. The van der Waals surface area contributed by atoms with Crippen molar-refractivity contribution >= 4 is 17.2 Å². The number of benzene rings is 1. The van der Waals surface area contributed by atoms with Crippen molar-refractivity contribution in [3.63, 3.8) is 0 Å². The van der Waals surface area contributed by atoms with Gasteiger partial charge in [-0.1, -0.05) is 18.2 Å². The van der Waals surface area contributed by atoms with E-state index in [-0.39, 0.29) is 11.8 Å². The topological polar surface area (TPSA) is 50.2 Å². The summed E-state index contributed by atoms with van der Waals surface area (Å²) < 4.78 is 2.01. The second kappa shape index (κ2) is 9.17. The second-order valence-corrected chi connectivity index (χ2v) is 8.34. The van der Waals surface area contributed by atoms with Crippen molar-refractivity contribution in [3.8, 4) is 5.69 Å². The lowest BCUT2D eigenvalue weighted by Crippen LogP contribution is -2.40. The van der Waals surface area contributed by atoms with Gasteiger partial charge in [-0.3, -0.25) is 9.69 Å². The van der Waals surface area contributed by atoms with Crippen LogP contribution in [0, 0.1) is 5.92 Å². The molecule has 5 nitrogen and oxygen atoms in total. The van der Waals surface area contributed by atoms with Gasteiger partial charge in [-0.15, -0.1) is 11.3 Å². The molecule has 146 valence electrons. The number of thiophene rings is 1. The number of piperidine rings is 1. The minimum Gasteiger partial charge on any atom is -0.355 e. The molecule has 1 fully saturated rings. The Labute approximate surface area is 170 Å². The van der Waals surface area contributed by atoms with E-state index < -0.39 is 0 Å². The molecule has 3 aromatic rings. The molecule has 0 spiro atoms. The van der Waals surface area contributed by atoms with Gasteiger partial charge in [0.2, 0.25) is 5.91 Å². The van der Waals surface area contributed by atoms with Gasteiger partial charge in [0.15, 0.2) is 0 Å². The first kappa shape index (κ1) is 18.9. The van der Waals surface area contributed by atoms with Crippen molar-refractivity contribution in [2.24, 2.45) is 5.92 Å². The average molecular weight is 395 g/mol. The van der Waals surface area contributed by atoms with E-state index in [1.807, 2.05) is 17.1 Å². The molecule has 6 heteroatoms. The molecule has 1 aliphatic heterocycles. The van der Waals surface area contributed by atoms with Gasteiger partial charge in [-0.2, -0.15) is 0 Å². The van der Waals surface area contributed by atoms with Crippen LogP contribution in [0.2, 0.25) is 0 Å². The fraction of sp³-hybridized carbons (Fsp3) is 0.364. The minimum absolute atomic E-state index is 0.156. The molecule has 1 N–H and O–H groups in total.